The highest BCUT2D eigenvalue weighted by Gasteiger charge is 2.15. The van der Waals surface area contributed by atoms with Gasteiger partial charge in [-0.2, -0.15) is 0 Å². The van der Waals surface area contributed by atoms with Crippen molar-refractivity contribution in [1.82, 2.24) is 16.0 Å². The van der Waals surface area contributed by atoms with Crippen molar-refractivity contribution in [3.8, 4) is 0 Å². The van der Waals surface area contributed by atoms with Gasteiger partial charge in [0.1, 0.15) is 0 Å². The number of carboxylic acids is 1. The maximum atomic E-state index is 11.2. The van der Waals surface area contributed by atoms with Crippen molar-refractivity contribution < 1.29 is 14.7 Å². The highest BCUT2D eigenvalue weighted by atomic mass is 16.4. The summed E-state index contributed by atoms with van der Waals surface area (Å²) in [7, 11) is 1.85. The summed E-state index contributed by atoms with van der Waals surface area (Å²) in [5.74, 6) is -1.39. The Hall–Kier alpha value is -1.30. The maximum absolute atomic E-state index is 11.2. The van der Waals surface area contributed by atoms with Crippen LogP contribution in [0.15, 0.2) is 0 Å². The van der Waals surface area contributed by atoms with Crippen LogP contribution in [-0.4, -0.2) is 43.8 Å². The van der Waals surface area contributed by atoms with Crippen molar-refractivity contribution in [1.29, 1.82) is 0 Å². The van der Waals surface area contributed by atoms with Crippen LogP contribution >= 0.6 is 0 Å². The van der Waals surface area contributed by atoms with Gasteiger partial charge in [0.05, 0.1) is 5.92 Å². The van der Waals surface area contributed by atoms with Crippen molar-refractivity contribution in [2.75, 3.05) is 26.7 Å². The van der Waals surface area contributed by atoms with E-state index in [0.717, 1.165) is 13.0 Å². The van der Waals surface area contributed by atoms with Gasteiger partial charge < -0.3 is 21.1 Å². The number of rotatable bonds is 8. The molecule has 1 atom stereocenters. The third-order valence-corrected chi connectivity index (χ3v) is 2.24. The molecule has 0 rings (SSSR count). The highest BCUT2D eigenvalue weighted by molar-refractivity contribution is 5.75. The Balaban J connectivity index is 3.59. The summed E-state index contributed by atoms with van der Waals surface area (Å²) in [4.78, 5) is 21.9. The van der Waals surface area contributed by atoms with Gasteiger partial charge >= 0.3 is 12.0 Å². The lowest BCUT2D eigenvalue weighted by atomic mass is 10.1. The van der Waals surface area contributed by atoms with Crippen LogP contribution in [0.5, 0.6) is 0 Å². The topological polar surface area (TPSA) is 90.5 Å². The van der Waals surface area contributed by atoms with Gasteiger partial charge in [-0.1, -0.05) is 6.92 Å². The zero-order valence-corrected chi connectivity index (χ0v) is 9.88. The van der Waals surface area contributed by atoms with Gasteiger partial charge in [-0.05, 0) is 26.4 Å². The summed E-state index contributed by atoms with van der Waals surface area (Å²) < 4.78 is 0. The molecule has 0 aromatic carbocycles. The van der Waals surface area contributed by atoms with Crippen LogP contribution in [0.25, 0.3) is 0 Å². The summed E-state index contributed by atoms with van der Waals surface area (Å²) in [6.07, 6.45) is 1.36. The van der Waals surface area contributed by atoms with Crippen LogP contribution < -0.4 is 16.0 Å². The van der Waals surface area contributed by atoms with Crippen molar-refractivity contribution in [2.45, 2.75) is 19.8 Å². The summed E-state index contributed by atoms with van der Waals surface area (Å²) in [5, 5.41) is 16.9. The average Bonchev–Trinajstić information content (AvgIpc) is 2.25. The summed E-state index contributed by atoms with van der Waals surface area (Å²) in [6, 6.07) is -0.309. The van der Waals surface area contributed by atoms with Crippen molar-refractivity contribution in [2.24, 2.45) is 5.92 Å². The summed E-state index contributed by atoms with van der Waals surface area (Å²) >= 11 is 0. The van der Waals surface area contributed by atoms with E-state index in [1.165, 1.54) is 0 Å². The van der Waals surface area contributed by atoms with Crippen LogP contribution in [-0.2, 0) is 4.79 Å². The van der Waals surface area contributed by atoms with Gasteiger partial charge in [-0.3, -0.25) is 4.79 Å². The first-order valence-electron chi connectivity index (χ1n) is 5.50. The second kappa shape index (κ2) is 8.96. The van der Waals surface area contributed by atoms with Gasteiger partial charge in [0.25, 0.3) is 0 Å². The number of nitrogens with one attached hydrogen (secondary N) is 3. The lowest BCUT2D eigenvalue weighted by Crippen LogP contribution is -2.40. The molecule has 2 amide bonds. The molecule has 16 heavy (non-hydrogen) atoms. The minimum Gasteiger partial charge on any atom is -0.481 e. The SMILES string of the molecule is CCC(CNC(=O)NCCCNC)C(=O)O. The molecule has 0 saturated heterocycles. The second-order valence-corrected chi connectivity index (χ2v) is 3.54. The van der Waals surface area contributed by atoms with E-state index < -0.39 is 11.9 Å². The third kappa shape index (κ3) is 7.05. The van der Waals surface area contributed by atoms with E-state index in [1.54, 1.807) is 6.92 Å². The average molecular weight is 231 g/mol. The van der Waals surface area contributed by atoms with Gasteiger partial charge in [-0.25, -0.2) is 4.79 Å². The molecule has 94 valence electrons. The number of amides is 2. The molecule has 0 aliphatic rings. The molecule has 0 radical (unpaired) electrons. The van der Waals surface area contributed by atoms with Gasteiger partial charge in [0.15, 0.2) is 0 Å². The Morgan fingerprint density at radius 1 is 1.25 bits per heavy atom. The number of aliphatic carboxylic acids is 1. The minimum atomic E-state index is -0.877. The van der Waals surface area contributed by atoms with E-state index in [0.29, 0.717) is 13.0 Å². The van der Waals surface area contributed by atoms with Crippen LogP contribution in [0.1, 0.15) is 19.8 Å². The molecule has 6 heteroatoms. The third-order valence-electron chi connectivity index (χ3n) is 2.24. The normalized spacial score (nSPS) is 11.9. The number of carbonyl (C=O) groups is 2. The molecule has 0 aliphatic heterocycles. The Labute approximate surface area is 95.8 Å². The zero-order chi connectivity index (χ0) is 12.4. The van der Waals surface area contributed by atoms with E-state index in [9.17, 15) is 9.59 Å². The van der Waals surface area contributed by atoms with E-state index in [1.807, 2.05) is 7.05 Å². The number of hydrogen-bond donors (Lipinski definition) is 4. The largest absolute Gasteiger partial charge is 0.481 e. The van der Waals surface area contributed by atoms with E-state index >= 15 is 0 Å². The Bertz CT molecular complexity index is 221. The molecule has 0 bridgehead atoms. The van der Waals surface area contributed by atoms with Gasteiger partial charge in [0, 0.05) is 13.1 Å². The number of urea groups is 1. The molecule has 6 nitrogen and oxygen atoms in total. The Kier molecular flexibility index (Phi) is 8.24. The fourth-order valence-electron chi connectivity index (χ4n) is 1.15. The molecule has 0 saturated carbocycles. The predicted octanol–water partition coefficient (Wildman–Crippen LogP) is 0.00590. The van der Waals surface area contributed by atoms with E-state index in [4.69, 9.17) is 5.11 Å². The van der Waals surface area contributed by atoms with Crippen LogP contribution in [0.3, 0.4) is 0 Å². The molecule has 0 aromatic rings. The quantitative estimate of drug-likeness (QED) is 0.443. The van der Waals surface area contributed by atoms with E-state index in [-0.39, 0.29) is 12.6 Å². The molecule has 0 spiro atoms. The molecule has 0 aliphatic carbocycles. The number of carboxylic acid groups (broad SMARTS) is 1. The number of carbonyl (C=O) groups excluding carboxylic acids is 1. The highest BCUT2D eigenvalue weighted by Crippen LogP contribution is 1.99. The zero-order valence-electron chi connectivity index (χ0n) is 9.88. The first-order valence-corrected chi connectivity index (χ1v) is 5.50. The van der Waals surface area contributed by atoms with Crippen molar-refractivity contribution >= 4 is 12.0 Å². The lowest BCUT2D eigenvalue weighted by Gasteiger charge is -2.11. The monoisotopic (exact) mass is 231 g/mol. The van der Waals surface area contributed by atoms with E-state index in [2.05, 4.69) is 16.0 Å². The van der Waals surface area contributed by atoms with Crippen molar-refractivity contribution in [3.63, 3.8) is 0 Å². The molecular weight excluding hydrogens is 210 g/mol. The summed E-state index contributed by atoms with van der Waals surface area (Å²) in [6.45, 7) is 3.37. The number of hydrogen-bond acceptors (Lipinski definition) is 3. The van der Waals surface area contributed by atoms with Crippen LogP contribution in [0.2, 0.25) is 0 Å². The molecular formula is C10H21N3O3. The molecule has 0 aromatic heterocycles. The molecule has 0 heterocycles. The lowest BCUT2D eigenvalue weighted by molar-refractivity contribution is -0.141. The smallest absolute Gasteiger partial charge is 0.314 e. The van der Waals surface area contributed by atoms with Crippen LogP contribution in [0, 0.1) is 5.92 Å². The van der Waals surface area contributed by atoms with Gasteiger partial charge in [-0.15, -0.1) is 0 Å². The molecule has 4 N–H and O–H groups in total. The minimum absolute atomic E-state index is 0.170. The fraction of sp³-hybridized carbons (Fsp3) is 0.800. The predicted molar refractivity (Wildman–Crippen MR) is 61.4 cm³/mol. The van der Waals surface area contributed by atoms with Crippen LogP contribution in [0.4, 0.5) is 4.79 Å². The maximum Gasteiger partial charge on any atom is 0.314 e. The molecule has 1 unspecified atom stereocenters. The van der Waals surface area contributed by atoms with Gasteiger partial charge in [0.2, 0.25) is 0 Å². The Morgan fingerprint density at radius 2 is 1.94 bits per heavy atom. The Morgan fingerprint density at radius 3 is 2.44 bits per heavy atom. The first-order chi connectivity index (χ1) is 7.61. The molecule has 0 fully saturated rings. The second-order valence-electron chi connectivity index (χ2n) is 3.54. The standard InChI is InChI=1S/C10H21N3O3/c1-3-8(9(14)15)7-13-10(16)12-6-4-5-11-2/h8,11H,3-7H2,1-2H3,(H,14,15)(H2,12,13,16). The fourth-order valence-corrected chi connectivity index (χ4v) is 1.15. The summed E-state index contributed by atoms with van der Waals surface area (Å²) in [5.41, 5.74) is 0. The van der Waals surface area contributed by atoms with Crippen molar-refractivity contribution in [3.05, 3.63) is 0 Å². The first kappa shape index (κ1) is 14.7.